The van der Waals surface area contributed by atoms with Crippen LogP contribution in [-0.2, 0) is 0 Å². The third kappa shape index (κ3) is 2.45. The molecule has 3 heteroatoms. The second-order valence-electron chi connectivity index (χ2n) is 6.62. The molecule has 3 saturated heterocycles. The fraction of sp³-hybridized carbons (Fsp3) is 1.00. The first kappa shape index (κ1) is 12.9. The van der Waals surface area contributed by atoms with Crippen LogP contribution in [0, 0.1) is 0 Å². The van der Waals surface area contributed by atoms with Gasteiger partial charge in [0.1, 0.15) is 0 Å². The molecule has 3 fully saturated rings. The van der Waals surface area contributed by atoms with Crippen LogP contribution in [0.4, 0.5) is 0 Å². The first-order chi connectivity index (χ1) is 8.78. The lowest BCUT2D eigenvalue weighted by Crippen LogP contribution is -2.60. The van der Waals surface area contributed by atoms with Crippen molar-refractivity contribution in [2.75, 3.05) is 26.7 Å². The van der Waals surface area contributed by atoms with E-state index in [4.69, 9.17) is 0 Å². The van der Waals surface area contributed by atoms with Crippen molar-refractivity contribution in [2.45, 2.75) is 69.6 Å². The van der Waals surface area contributed by atoms with Crippen LogP contribution < -0.4 is 5.32 Å². The molecule has 0 saturated carbocycles. The van der Waals surface area contributed by atoms with Crippen LogP contribution in [-0.4, -0.2) is 60.6 Å². The van der Waals surface area contributed by atoms with Crippen LogP contribution in [0.1, 0.15) is 45.4 Å². The average Bonchev–Trinajstić information content (AvgIpc) is 2.75. The molecule has 18 heavy (non-hydrogen) atoms. The number of nitrogens with zero attached hydrogens (tertiary/aromatic N) is 2. The Hall–Kier alpha value is -0.120. The van der Waals surface area contributed by atoms with Crippen molar-refractivity contribution >= 4 is 0 Å². The molecule has 0 aliphatic carbocycles. The van der Waals surface area contributed by atoms with Crippen molar-refractivity contribution in [1.82, 2.24) is 15.1 Å². The van der Waals surface area contributed by atoms with Crippen molar-refractivity contribution in [2.24, 2.45) is 0 Å². The summed E-state index contributed by atoms with van der Waals surface area (Å²) in [6.45, 7) is 5.99. The molecule has 0 amide bonds. The first-order valence-corrected chi connectivity index (χ1v) is 7.97. The van der Waals surface area contributed by atoms with Gasteiger partial charge in [0.25, 0.3) is 0 Å². The van der Waals surface area contributed by atoms with Gasteiger partial charge in [-0.05, 0) is 52.2 Å². The van der Waals surface area contributed by atoms with Gasteiger partial charge in [-0.3, -0.25) is 4.90 Å². The number of likely N-dealkylation sites (N-methyl/N-ethyl adjacent to an activating group) is 1. The van der Waals surface area contributed by atoms with Gasteiger partial charge < -0.3 is 10.2 Å². The molecule has 0 aromatic rings. The third-order valence-electron chi connectivity index (χ3n) is 5.31. The molecule has 1 N–H and O–H groups in total. The number of nitrogens with one attached hydrogen (secondary N) is 1. The summed E-state index contributed by atoms with van der Waals surface area (Å²) in [6, 6.07) is 3.39. The SMILES string of the molecule is CCNC1CC2CCCC(C1)N2C1CCN(C)C1. The fourth-order valence-corrected chi connectivity index (χ4v) is 4.62. The van der Waals surface area contributed by atoms with Gasteiger partial charge in [-0.1, -0.05) is 13.3 Å². The Labute approximate surface area is 112 Å². The Bertz CT molecular complexity index is 267. The predicted octanol–water partition coefficient (Wildman–Crippen LogP) is 1.69. The Morgan fingerprint density at radius 3 is 2.33 bits per heavy atom. The summed E-state index contributed by atoms with van der Waals surface area (Å²) in [5.41, 5.74) is 0. The second kappa shape index (κ2) is 5.48. The van der Waals surface area contributed by atoms with E-state index >= 15 is 0 Å². The smallest absolute Gasteiger partial charge is 0.0241 e. The van der Waals surface area contributed by atoms with Crippen molar-refractivity contribution in [3.05, 3.63) is 0 Å². The van der Waals surface area contributed by atoms with Crippen LogP contribution in [0.15, 0.2) is 0 Å². The van der Waals surface area contributed by atoms with E-state index in [0.29, 0.717) is 0 Å². The van der Waals surface area contributed by atoms with Crippen LogP contribution in [0.2, 0.25) is 0 Å². The monoisotopic (exact) mass is 251 g/mol. The number of piperidine rings is 2. The van der Waals surface area contributed by atoms with Gasteiger partial charge in [0, 0.05) is 30.7 Å². The molecule has 3 aliphatic rings. The van der Waals surface area contributed by atoms with E-state index in [-0.39, 0.29) is 0 Å². The zero-order valence-corrected chi connectivity index (χ0v) is 12.1. The molecular weight excluding hydrogens is 222 g/mol. The Morgan fingerprint density at radius 2 is 1.78 bits per heavy atom. The van der Waals surface area contributed by atoms with Crippen molar-refractivity contribution in [3.63, 3.8) is 0 Å². The molecule has 3 heterocycles. The highest BCUT2D eigenvalue weighted by atomic mass is 15.3. The Balaban J connectivity index is 1.68. The normalized spacial score (nSPS) is 42.3. The lowest BCUT2D eigenvalue weighted by atomic mass is 9.80. The van der Waals surface area contributed by atoms with Crippen molar-refractivity contribution in [1.29, 1.82) is 0 Å². The average molecular weight is 251 g/mol. The first-order valence-electron chi connectivity index (χ1n) is 7.97. The highest BCUT2D eigenvalue weighted by Gasteiger charge is 2.42. The van der Waals surface area contributed by atoms with Crippen LogP contribution in [0.25, 0.3) is 0 Å². The minimum absolute atomic E-state index is 0.792. The summed E-state index contributed by atoms with van der Waals surface area (Å²) in [5.74, 6) is 0. The van der Waals surface area contributed by atoms with Crippen molar-refractivity contribution in [3.8, 4) is 0 Å². The fourth-order valence-electron chi connectivity index (χ4n) is 4.62. The van der Waals surface area contributed by atoms with Gasteiger partial charge in [0.05, 0.1) is 0 Å². The molecule has 0 radical (unpaired) electrons. The summed E-state index contributed by atoms with van der Waals surface area (Å²) < 4.78 is 0. The van der Waals surface area contributed by atoms with Gasteiger partial charge in [-0.25, -0.2) is 0 Å². The summed E-state index contributed by atoms with van der Waals surface area (Å²) in [5, 5.41) is 3.70. The molecule has 2 bridgehead atoms. The predicted molar refractivity (Wildman–Crippen MR) is 75.9 cm³/mol. The highest BCUT2D eigenvalue weighted by Crippen LogP contribution is 2.37. The van der Waals surface area contributed by atoms with E-state index in [1.165, 1.54) is 51.6 Å². The topological polar surface area (TPSA) is 18.5 Å². The van der Waals surface area contributed by atoms with Gasteiger partial charge in [-0.2, -0.15) is 0 Å². The van der Waals surface area contributed by atoms with E-state index < -0.39 is 0 Å². The molecular formula is C15H29N3. The maximum Gasteiger partial charge on any atom is 0.0241 e. The lowest BCUT2D eigenvalue weighted by molar-refractivity contribution is -0.00694. The van der Waals surface area contributed by atoms with Gasteiger partial charge >= 0.3 is 0 Å². The number of hydrogen-bond donors (Lipinski definition) is 1. The maximum atomic E-state index is 3.70. The molecule has 0 aromatic carbocycles. The lowest BCUT2D eigenvalue weighted by Gasteiger charge is -2.51. The third-order valence-corrected chi connectivity index (χ3v) is 5.31. The molecule has 0 spiro atoms. The minimum Gasteiger partial charge on any atom is -0.314 e. The molecule has 3 nitrogen and oxygen atoms in total. The van der Waals surface area contributed by atoms with E-state index in [1.807, 2.05) is 0 Å². The standard InChI is InChI=1S/C15H29N3/c1-3-16-12-9-13-5-4-6-14(10-12)18(13)15-7-8-17(2)11-15/h12-16H,3-11H2,1-2H3. The molecule has 3 rings (SSSR count). The number of likely N-dealkylation sites (tertiary alicyclic amines) is 1. The molecule has 3 unspecified atom stereocenters. The summed E-state index contributed by atoms with van der Waals surface area (Å²) in [7, 11) is 2.28. The number of hydrogen-bond acceptors (Lipinski definition) is 3. The molecule has 104 valence electrons. The zero-order valence-electron chi connectivity index (χ0n) is 12.1. The quantitative estimate of drug-likeness (QED) is 0.823. The zero-order chi connectivity index (χ0) is 12.5. The second-order valence-corrected chi connectivity index (χ2v) is 6.62. The van der Waals surface area contributed by atoms with Crippen LogP contribution in [0.5, 0.6) is 0 Å². The van der Waals surface area contributed by atoms with Gasteiger partial charge in [-0.15, -0.1) is 0 Å². The molecule has 3 atom stereocenters. The minimum atomic E-state index is 0.792. The van der Waals surface area contributed by atoms with Gasteiger partial charge in [0.2, 0.25) is 0 Å². The van der Waals surface area contributed by atoms with E-state index in [9.17, 15) is 0 Å². The summed E-state index contributed by atoms with van der Waals surface area (Å²) in [6.07, 6.45) is 8.54. The molecule has 0 aromatic heterocycles. The largest absolute Gasteiger partial charge is 0.314 e. The maximum absolute atomic E-state index is 3.70. The van der Waals surface area contributed by atoms with Crippen LogP contribution >= 0.6 is 0 Å². The van der Waals surface area contributed by atoms with E-state index in [1.54, 1.807) is 0 Å². The summed E-state index contributed by atoms with van der Waals surface area (Å²) in [4.78, 5) is 5.44. The van der Waals surface area contributed by atoms with Crippen LogP contribution in [0.3, 0.4) is 0 Å². The Morgan fingerprint density at radius 1 is 1.06 bits per heavy atom. The number of fused-ring (bicyclic) bond motifs is 2. The molecule has 3 aliphatic heterocycles. The van der Waals surface area contributed by atoms with E-state index in [2.05, 4.69) is 29.1 Å². The number of rotatable bonds is 3. The Kier molecular flexibility index (Phi) is 3.92. The van der Waals surface area contributed by atoms with E-state index in [0.717, 1.165) is 30.7 Å². The van der Waals surface area contributed by atoms with Crippen molar-refractivity contribution < 1.29 is 0 Å². The summed E-state index contributed by atoms with van der Waals surface area (Å²) >= 11 is 0. The van der Waals surface area contributed by atoms with Gasteiger partial charge in [0.15, 0.2) is 0 Å². The highest BCUT2D eigenvalue weighted by molar-refractivity contribution is 4.99.